The van der Waals surface area contributed by atoms with Crippen LogP contribution in [0.4, 0.5) is 4.39 Å². The van der Waals surface area contributed by atoms with E-state index in [0.29, 0.717) is 19.4 Å². The number of nitrogens with one attached hydrogen (secondary N) is 1. The largest absolute Gasteiger partial charge is 0.352 e. The molecule has 1 fully saturated rings. The summed E-state index contributed by atoms with van der Waals surface area (Å²) in [4.78, 5) is 13.1. The first-order valence-corrected chi connectivity index (χ1v) is 11.8. The summed E-state index contributed by atoms with van der Waals surface area (Å²) in [5.74, 6) is -0.516. The lowest BCUT2D eigenvalue weighted by molar-refractivity contribution is -0.132. The molecule has 1 aliphatic heterocycles. The van der Waals surface area contributed by atoms with Crippen LogP contribution in [-0.4, -0.2) is 31.7 Å². The van der Waals surface area contributed by atoms with Crippen LogP contribution < -0.4 is 5.32 Å². The van der Waals surface area contributed by atoms with E-state index in [1.54, 1.807) is 31.2 Å². The number of piperidine rings is 1. The highest BCUT2D eigenvalue weighted by Crippen LogP contribution is 2.33. The number of sulfonamides is 1. The van der Waals surface area contributed by atoms with Crippen molar-refractivity contribution in [3.8, 4) is 0 Å². The van der Waals surface area contributed by atoms with Crippen molar-refractivity contribution in [3.63, 3.8) is 0 Å². The summed E-state index contributed by atoms with van der Waals surface area (Å²) in [7, 11) is -3.66. The van der Waals surface area contributed by atoms with Crippen LogP contribution in [-0.2, 0) is 27.8 Å². The van der Waals surface area contributed by atoms with E-state index in [2.05, 4.69) is 12.2 Å². The van der Waals surface area contributed by atoms with Gasteiger partial charge in [-0.2, -0.15) is 4.31 Å². The number of nitrogens with zero attached hydrogens (tertiary/aromatic N) is 1. The van der Waals surface area contributed by atoms with Crippen molar-refractivity contribution in [1.82, 2.24) is 9.62 Å². The fraction of sp³-hybridized carbons (Fsp3) is 0.435. The Bertz CT molecular complexity index is 975. The first-order chi connectivity index (χ1) is 14.2. The number of halogens is 1. The number of carbonyl (C=O) groups is 1. The van der Waals surface area contributed by atoms with Gasteiger partial charge < -0.3 is 5.32 Å². The monoisotopic (exact) mass is 432 g/mol. The maximum atomic E-state index is 13.1. The third-order valence-electron chi connectivity index (χ3n) is 5.68. The Hall–Kier alpha value is -2.25. The fourth-order valence-electron chi connectivity index (χ4n) is 3.85. The summed E-state index contributed by atoms with van der Waals surface area (Å²) in [5.41, 5.74) is 1.09. The van der Waals surface area contributed by atoms with Crippen molar-refractivity contribution in [2.45, 2.75) is 51.0 Å². The van der Waals surface area contributed by atoms with Gasteiger partial charge in [0, 0.05) is 19.6 Å². The summed E-state index contributed by atoms with van der Waals surface area (Å²) >= 11 is 0. The van der Waals surface area contributed by atoms with Crippen LogP contribution >= 0.6 is 0 Å². The summed E-state index contributed by atoms with van der Waals surface area (Å²) in [5, 5.41) is 2.88. The number of aryl methyl sites for hydroxylation is 1. The summed E-state index contributed by atoms with van der Waals surface area (Å²) < 4.78 is 40.7. The number of carbonyl (C=O) groups excluding carboxylic acids is 1. The lowest BCUT2D eigenvalue weighted by atomic mass is 9.82. The molecule has 5 nitrogen and oxygen atoms in total. The van der Waals surface area contributed by atoms with Gasteiger partial charge in [0.2, 0.25) is 15.9 Å². The lowest BCUT2D eigenvalue weighted by Gasteiger charge is -2.38. The lowest BCUT2D eigenvalue weighted by Crippen LogP contribution is -2.51. The molecule has 0 aromatic heterocycles. The van der Waals surface area contributed by atoms with E-state index in [1.165, 1.54) is 16.4 Å². The highest BCUT2D eigenvalue weighted by molar-refractivity contribution is 7.89. The molecular formula is C23H29FN2O3S. The number of rotatable bonds is 7. The van der Waals surface area contributed by atoms with E-state index >= 15 is 0 Å². The Labute approximate surface area is 178 Å². The Morgan fingerprint density at radius 3 is 2.37 bits per heavy atom. The Balaban J connectivity index is 1.69. The molecule has 1 heterocycles. The van der Waals surface area contributed by atoms with Crippen LogP contribution in [0.3, 0.4) is 0 Å². The average Bonchev–Trinajstić information content (AvgIpc) is 2.74. The maximum Gasteiger partial charge on any atom is 0.243 e. The Morgan fingerprint density at radius 1 is 1.10 bits per heavy atom. The normalized spacial score (nSPS) is 20.1. The zero-order valence-corrected chi connectivity index (χ0v) is 18.3. The molecule has 0 unspecified atom stereocenters. The molecule has 0 aliphatic carbocycles. The number of hydrogen-bond donors (Lipinski definition) is 1. The summed E-state index contributed by atoms with van der Waals surface area (Å²) in [6.45, 7) is 4.71. The fourth-order valence-corrected chi connectivity index (χ4v) is 5.45. The molecule has 1 amide bonds. The van der Waals surface area contributed by atoms with Gasteiger partial charge in [0.05, 0.1) is 10.3 Å². The second kappa shape index (κ2) is 9.27. The van der Waals surface area contributed by atoms with Crippen LogP contribution in [0, 0.1) is 11.2 Å². The van der Waals surface area contributed by atoms with Crippen molar-refractivity contribution >= 4 is 15.9 Å². The molecule has 162 valence electrons. The minimum Gasteiger partial charge on any atom is -0.352 e. The molecule has 1 aliphatic rings. The molecule has 30 heavy (non-hydrogen) atoms. The minimum atomic E-state index is -3.66. The quantitative estimate of drug-likeness (QED) is 0.722. The van der Waals surface area contributed by atoms with Gasteiger partial charge in [-0.15, -0.1) is 0 Å². The average molecular weight is 433 g/mol. The molecular weight excluding hydrogens is 403 g/mol. The molecule has 2 aromatic carbocycles. The van der Waals surface area contributed by atoms with Crippen molar-refractivity contribution in [2.24, 2.45) is 5.41 Å². The highest BCUT2D eigenvalue weighted by atomic mass is 32.2. The van der Waals surface area contributed by atoms with Crippen molar-refractivity contribution in [3.05, 3.63) is 65.5 Å². The summed E-state index contributed by atoms with van der Waals surface area (Å²) in [6.07, 6.45) is 3.15. The molecule has 1 saturated heterocycles. The smallest absolute Gasteiger partial charge is 0.243 e. The van der Waals surface area contributed by atoms with E-state index in [9.17, 15) is 17.6 Å². The van der Waals surface area contributed by atoms with Gasteiger partial charge in [0.1, 0.15) is 5.82 Å². The van der Waals surface area contributed by atoms with Crippen molar-refractivity contribution in [1.29, 1.82) is 0 Å². The van der Waals surface area contributed by atoms with Crippen LogP contribution in [0.5, 0.6) is 0 Å². The Morgan fingerprint density at radius 2 is 1.73 bits per heavy atom. The third kappa shape index (κ3) is 5.08. The van der Waals surface area contributed by atoms with Gasteiger partial charge >= 0.3 is 0 Å². The third-order valence-corrected chi connectivity index (χ3v) is 7.54. The maximum absolute atomic E-state index is 13.1. The zero-order chi connectivity index (χ0) is 21.8. The molecule has 0 bridgehead atoms. The second-order valence-corrected chi connectivity index (χ2v) is 10.1. The number of amides is 1. The van der Waals surface area contributed by atoms with Gasteiger partial charge in [-0.05, 0) is 61.6 Å². The molecule has 3 rings (SSSR count). The Kier molecular flexibility index (Phi) is 6.93. The minimum absolute atomic E-state index is 0.140. The first kappa shape index (κ1) is 22.4. The van der Waals surface area contributed by atoms with Gasteiger partial charge in [0.25, 0.3) is 0 Å². The molecule has 0 saturated carbocycles. The molecule has 1 N–H and O–H groups in total. The molecule has 1 atom stereocenters. The van der Waals surface area contributed by atoms with E-state index in [0.717, 1.165) is 24.0 Å². The van der Waals surface area contributed by atoms with Gasteiger partial charge in [0.15, 0.2) is 0 Å². The van der Waals surface area contributed by atoms with Gasteiger partial charge in [-0.1, -0.05) is 37.6 Å². The van der Waals surface area contributed by atoms with Gasteiger partial charge in [-0.3, -0.25) is 4.79 Å². The van der Waals surface area contributed by atoms with Crippen LogP contribution in [0.2, 0.25) is 0 Å². The SMILES string of the molecule is CCCc1ccc(S(=O)(=O)N2CCC[C@@](C)(C(=O)NCc3ccc(F)cc3)C2)cc1. The molecule has 0 radical (unpaired) electrons. The van der Waals surface area contributed by atoms with Crippen molar-refractivity contribution in [2.75, 3.05) is 13.1 Å². The van der Waals surface area contributed by atoms with E-state index in [-0.39, 0.29) is 29.7 Å². The van der Waals surface area contributed by atoms with Crippen LogP contribution in [0.1, 0.15) is 44.2 Å². The van der Waals surface area contributed by atoms with E-state index in [4.69, 9.17) is 0 Å². The van der Waals surface area contributed by atoms with Crippen LogP contribution in [0.25, 0.3) is 0 Å². The predicted octanol–water partition coefficient (Wildman–Crippen LogP) is 3.89. The second-order valence-electron chi connectivity index (χ2n) is 8.21. The predicted molar refractivity (Wildman–Crippen MR) is 115 cm³/mol. The topological polar surface area (TPSA) is 66.5 Å². The number of benzene rings is 2. The first-order valence-electron chi connectivity index (χ1n) is 10.4. The number of hydrogen-bond acceptors (Lipinski definition) is 3. The van der Waals surface area contributed by atoms with Crippen molar-refractivity contribution < 1.29 is 17.6 Å². The molecule has 2 aromatic rings. The van der Waals surface area contributed by atoms with E-state index < -0.39 is 15.4 Å². The summed E-state index contributed by atoms with van der Waals surface area (Å²) in [6, 6.07) is 13.0. The van der Waals surface area contributed by atoms with Gasteiger partial charge in [-0.25, -0.2) is 12.8 Å². The highest BCUT2D eigenvalue weighted by Gasteiger charge is 2.41. The standard InChI is InChI=1S/C23H29FN2O3S/c1-3-5-18-8-12-21(13-9-18)30(28,29)26-15-4-14-23(2,17-26)22(27)25-16-19-6-10-20(24)11-7-19/h6-13H,3-5,14-17H2,1-2H3,(H,25,27)/t23-/m1/s1. The molecule has 7 heteroatoms. The van der Waals surface area contributed by atoms with Crippen LogP contribution in [0.15, 0.2) is 53.4 Å². The zero-order valence-electron chi connectivity index (χ0n) is 17.5. The molecule has 0 spiro atoms. The van der Waals surface area contributed by atoms with E-state index in [1.807, 2.05) is 12.1 Å².